The van der Waals surface area contributed by atoms with Gasteiger partial charge in [-0.2, -0.15) is 0 Å². The van der Waals surface area contributed by atoms with E-state index in [1.807, 2.05) is 76.2 Å². The number of hydrogen-bond donors (Lipinski definition) is 1. The third kappa shape index (κ3) is 9.98. The number of sulfonamides is 1. The topological polar surface area (TPSA) is 86.8 Å². The highest BCUT2D eigenvalue weighted by molar-refractivity contribution is 7.92. The molecule has 2 amide bonds. The van der Waals surface area contributed by atoms with Gasteiger partial charge in [0.1, 0.15) is 11.9 Å². The van der Waals surface area contributed by atoms with Crippen LogP contribution in [0.3, 0.4) is 0 Å². The lowest BCUT2D eigenvalue weighted by Crippen LogP contribution is -2.51. The number of amides is 2. The number of anilines is 1. The first kappa shape index (κ1) is 32.8. The van der Waals surface area contributed by atoms with Gasteiger partial charge in [-0.15, -0.1) is 0 Å². The van der Waals surface area contributed by atoms with Crippen molar-refractivity contribution in [3.63, 3.8) is 0 Å². The summed E-state index contributed by atoms with van der Waals surface area (Å²) < 4.78 is 40.4. The van der Waals surface area contributed by atoms with Crippen molar-refractivity contribution < 1.29 is 22.4 Å². The summed E-state index contributed by atoms with van der Waals surface area (Å²) >= 11 is 0. The minimum atomic E-state index is -3.60. The molecule has 1 atom stereocenters. The quantitative estimate of drug-likeness (QED) is 0.270. The number of carbonyl (C=O) groups excluding carboxylic acids is 2. The van der Waals surface area contributed by atoms with Gasteiger partial charge in [-0.1, -0.05) is 62.4 Å². The molecular formula is C33H42FN3O4S. The van der Waals surface area contributed by atoms with Gasteiger partial charge in [0.2, 0.25) is 21.8 Å². The number of halogens is 1. The molecule has 0 fully saturated rings. The molecule has 0 heterocycles. The fourth-order valence-corrected chi connectivity index (χ4v) is 5.81. The fraction of sp³-hybridized carbons (Fsp3) is 0.394. The number of benzene rings is 3. The van der Waals surface area contributed by atoms with Gasteiger partial charge in [0.25, 0.3) is 0 Å². The van der Waals surface area contributed by atoms with Crippen LogP contribution >= 0.6 is 0 Å². The molecule has 7 nitrogen and oxygen atoms in total. The number of hydrogen-bond acceptors (Lipinski definition) is 4. The van der Waals surface area contributed by atoms with Crippen LogP contribution in [0.15, 0.2) is 72.8 Å². The summed E-state index contributed by atoms with van der Waals surface area (Å²) in [6.07, 6.45) is 1.74. The van der Waals surface area contributed by atoms with Crippen molar-refractivity contribution in [3.05, 3.63) is 101 Å². The smallest absolute Gasteiger partial charge is 0.243 e. The van der Waals surface area contributed by atoms with Gasteiger partial charge in [-0.3, -0.25) is 13.9 Å². The highest BCUT2D eigenvalue weighted by Crippen LogP contribution is 2.23. The summed E-state index contributed by atoms with van der Waals surface area (Å²) in [5.74, 6) is -0.718. The molecule has 0 aliphatic rings. The van der Waals surface area contributed by atoms with Crippen molar-refractivity contribution >= 4 is 27.5 Å². The molecule has 0 aliphatic heterocycles. The predicted molar refractivity (Wildman–Crippen MR) is 166 cm³/mol. The van der Waals surface area contributed by atoms with Crippen molar-refractivity contribution in [2.45, 2.75) is 59.5 Å². The predicted octanol–water partition coefficient (Wildman–Crippen LogP) is 5.40. The second-order valence-corrected chi connectivity index (χ2v) is 13.2. The lowest BCUT2D eigenvalue weighted by atomic mass is 10.0. The molecule has 0 spiro atoms. The SMILES string of the molecule is Cc1cc(C)cc(N(CCCC(=O)N(Cc2ccc(F)cc2)[C@H](Cc2ccccc2)C(=O)NCC(C)C)S(C)(=O)=O)c1. The van der Waals surface area contributed by atoms with E-state index in [0.29, 0.717) is 24.2 Å². The summed E-state index contributed by atoms with van der Waals surface area (Å²) in [6, 6.07) is 20.1. The average Bonchev–Trinajstić information content (AvgIpc) is 2.91. The first-order chi connectivity index (χ1) is 19.8. The van der Waals surface area contributed by atoms with Crippen LogP contribution in [0.1, 0.15) is 48.9 Å². The van der Waals surface area contributed by atoms with Gasteiger partial charge < -0.3 is 10.2 Å². The molecule has 1 N–H and O–H groups in total. The summed E-state index contributed by atoms with van der Waals surface area (Å²) in [7, 11) is -3.60. The first-order valence-corrected chi connectivity index (χ1v) is 16.1. The third-order valence-corrected chi connectivity index (χ3v) is 8.06. The second kappa shape index (κ2) is 15.0. The number of aryl methyl sites for hydroxylation is 2. The summed E-state index contributed by atoms with van der Waals surface area (Å²) in [6.45, 7) is 8.49. The molecule has 0 saturated carbocycles. The number of carbonyl (C=O) groups is 2. The molecule has 0 aromatic heterocycles. The molecule has 0 unspecified atom stereocenters. The summed E-state index contributed by atoms with van der Waals surface area (Å²) in [4.78, 5) is 29.0. The molecule has 0 radical (unpaired) electrons. The number of rotatable bonds is 14. The van der Waals surface area contributed by atoms with Gasteiger partial charge in [0.05, 0.1) is 11.9 Å². The normalized spacial score (nSPS) is 12.2. The van der Waals surface area contributed by atoms with Crippen LogP contribution in [0, 0.1) is 25.6 Å². The minimum Gasteiger partial charge on any atom is -0.354 e. The van der Waals surface area contributed by atoms with E-state index < -0.39 is 16.1 Å². The first-order valence-electron chi connectivity index (χ1n) is 14.2. The molecule has 42 heavy (non-hydrogen) atoms. The molecular weight excluding hydrogens is 553 g/mol. The van der Waals surface area contributed by atoms with Crippen LogP contribution in [0.5, 0.6) is 0 Å². The van der Waals surface area contributed by atoms with E-state index in [0.717, 1.165) is 22.9 Å². The Balaban J connectivity index is 1.89. The Morgan fingerprint density at radius 2 is 1.52 bits per heavy atom. The lowest BCUT2D eigenvalue weighted by Gasteiger charge is -2.32. The van der Waals surface area contributed by atoms with Crippen LogP contribution in [0.2, 0.25) is 0 Å². The van der Waals surface area contributed by atoms with Crippen molar-refractivity contribution in [3.8, 4) is 0 Å². The van der Waals surface area contributed by atoms with E-state index in [9.17, 15) is 22.4 Å². The van der Waals surface area contributed by atoms with Crippen LogP contribution in [-0.2, 0) is 32.6 Å². The summed E-state index contributed by atoms with van der Waals surface area (Å²) in [5.41, 5.74) is 4.03. The van der Waals surface area contributed by atoms with Crippen molar-refractivity contribution in [1.82, 2.24) is 10.2 Å². The highest BCUT2D eigenvalue weighted by atomic mass is 32.2. The maximum atomic E-state index is 13.9. The highest BCUT2D eigenvalue weighted by Gasteiger charge is 2.30. The number of nitrogens with one attached hydrogen (secondary N) is 1. The van der Waals surface area contributed by atoms with Crippen molar-refractivity contribution in [2.24, 2.45) is 5.92 Å². The Morgan fingerprint density at radius 3 is 2.10 bits per heavy atom. The van der Waals surface area contributed by atoms with Gasteiger partial charge in [-0.05, 0) is 72.7 Å². The molecule has 3 rings (SSSR count). The standard InChI is InChI=1S/C33H42FN3O4S/c1-24(2)22-35-33(39)31(21-27-10-7-6-8-11-27)36(23-28-13-15-29(34)16-14-28)32(38)12-9-17-37(42(5,40)41)30-19-25(3)18-26(4)20-30/h6-8,10-11,13-16,18-20,24,31H,9,12,17,21-23H2,1-5H3,(H,35,39)/t31-/m1/s1. The zero-order valence-corrected chi connectivity index (χ0v) is 26.0. The van der Waals surface area contributed by atoms with Crippen molar-refractivity contribution in [1.29, 1.82) is 0 Å². The van der Waals surface area contributed by atoms with Crippen LogP contribution < -0.4 is 9.62 Å². The van der Waals surface area contributed by atoms with Gasteiger partial charge in [0.15, 0.2) is 0 Å². The van der Waals surface area contributed by atoms with Gasteiger partial charge >= 0.3 is 0 Å². The van der Waals surface area contributed by atoms with E-state index in [2.05, 4.69) is 5.32 Å². The fourth-order valence-electron chi connectivity index (χ4n) is 4.86. The third-order valence-electron chi connectivity index (χ3n) is 6.87. The maximum absolute atomic E-state index is 13.9. The van der Waals surface area contributed by atoms with Crippen LogP contribution in [0.4, 0.5) is 10.1 Å². The Labute approximate surface area is 249 Å². The Kier molecular flexibility index (Phi) is 11.7. The summed E-state index contributed by atoms with van der Waals surface area (Å²) in [5, 5.41) is 2.98. The van der Waals surface area contributed by atoms with E-state index in [4.69, 9.17) is 0 Å². The average molecular weight is 596 g/mol. The zero-order valence-electron chi connectivity index (χ0n) is 25.1. The van der Waals surface area contributed by atoms with Crippen LogP contribution in [-0.4, -0.2) is 50.5 Å². The molecule has 0 aliphatic carbocycles. The zero-order chi connectivity index (χ0) is 30.9. The molecule has 0 saturated heterocycles. The molecule has 226 valence electrons. The van der Waals surface area contributed by atoms with Crippen LogP contribution in [0.25, 0.3) is 0 Å². The molecule has 3 aromatic rings. The monoisotopic (exact) mass is 595 g/mol. The van der Waals surface area contributed by atoms with E-state index in [1.54, 1.807) is 12.1 Å². The van der Waals surface area contributed by atoms with E-state index in [-0.39, 0.29) is 49.5 Å². The van der Waals surface area contributed by atoms with Crippen molar-refractivity contribution in [2.75, 3.05) is 23.7 Å². The largest absolute Gasteiger partial charge is 0.354 e. The lowest BCUT2D eigenvalue weighted by molar-refractivity contribution is -0.141. The van der Waals surface area contributed by atoms with E-state index in [1.165, 1.54) is 21.3 Å². The van der Waals surface area contributed by atoms with Gasteiger partial charge in [-0.25, -0.2) is 12.8 Å². The second-order valence-electron chi connectivity index (χ2n) is 11.3. The van der Waals surface area contributed by atoms with Gasteiger partial charge in [0, 0.05) is 32.5 Å². The van der Waals surface area contributed by atoms with E-state index >= 15 is 0 Å². The Bertz CT molecular complexity index is 1420. The molecule has 0 bridgehead atoms. The molecule has 9 heteroatoms. The Morgan fingerprint density at radius 1 is 0.905 bits per heavy atom. The maximum Gasteiger partial charge on any atom is 0.243 e. The number of nitrogens with zero attached hydrogens (tertiary/aromatic N) is 2. The Hall–Kier alpha value is -3.72. The minimum absolute atomic E-state index is 0.0285. The molecule has 3 aromatic carbocycles.